The topological polar surface area (TPSA) is 112 Å². The summed E-state index contributed by atoms with van der Waals surface area (Å²) in [5.74, 6) is 0.969. The van der Waals surface area contributed by atoms with Crippen molar-refractivity contribution in [3.63, 3.8) is 0 Å². The first kappa shape index (κ1) is 24.5. The van der Waals surface area contributed by atoms with E-state index in [9.17, 15) is 9.90 Å². The fourth-order valence-corrected chi connectivity index (χ4v) is 4.86. The van der Waals surface area contributed by atoms with Crippen molar-refractivity contribution in [2.45, 2.75) is 69.7 Å². The molecule has 1 aromatic carbocycles. The number of benzene rings is 1. The number of carbonyl (C=O) groups excluding carboxylic acids is 1. The van der Waals surface area contributed by atoms with Crippen LogP contribution in [0.15, 0.2) is 23.2 Å². The van der Waals surface area contributed by atoms with Gasteiger partial charge in [-0.2, -0.15) is 0 Å². The zero-order valence-corrected chi connectivity index (χ0v) is 20.2. The third-order valence-electron chi connectivity index (χ3n) is 7.31. The van der Waals surface area contributed by atoms with Crippen molar-refractivity contribution in [3.8, 4) is 5.75 Å². The number of aliphatic imine (C=N–C) groups is 1. The Morgan fingerprint density at radius 2 is 2.12 bits per heavy atom. The van der Waals surface area contributed by atoms with Crippen LogP contribution in [0.3, 0.4) is 0 Å². The first-order chi connectivity index (χ1) is 15.1. The third kappa shape index (κ3) is 4.36. The van der Waals surface area contributed by atoms with Crippen LogP contribution in [0.5, 0.6) is 5.75 Å². The molecule has 2 heterocycles. The van der Waals surface area contributed by atoms with Crippen LogP contribution in [0.25, 0.3) is 0 Å². The highest BCUT2D eigenvalue weighted by atomic mass is 16.5. The molecule has 0 spiro atoms. The SMILES string of the molecule is CCC(N)=NC(CNC)C1(C)C(O)C(NC(=O)c2cccc3c2OCCC3(C)C)CN1C. The molecule has 8 nitrogen and oxygen atoms in total. The van der Waals surface area contributed by atoms with E-state index in [1.807, 2.05) is 40.1 Å². The lowest BCUT2D eigenvalue weighted by molar-refractivity contribution is 0.0270. The van der Waals surface area contributed by atoms with E-state index in [0.29, 0.717) is 43.3 Å². The highest BCUT2D eigenvalue weighted by Gasteiger charge is 2.53. The second-order valence-electron chi connectivity index (χ2n) is 9.84. The van der Waals surface area contributed by atoms with Gasteiger partial charge in [-0.05, 0) is 38.9 Å². The number of rotatable bonds is 7. The number of amides is 1. The molecule has 178 valence electrons. The zero-order valence-electron chi connectivity index (χ0n) is 20.2. The average Bonchev–Trinajstić information content (AvgIpc) is 2.97. The van der Waals surface area contributed by atoms with Gasteiger partial charge in [-0.3, -0.25) is 14.7 Å². The second kappa shape index (κ2) is 9.37. The Morgan fingerprint density at radius 1 is 1.41 bits per heavy atom. The summed E-state index contributed by atoms with van der Waals surface area (Å²) in [4.78, 5) is 20.0. The van der Waals surface area contributed by atoms with Crippen LogP contribution in [-0.2, 0) is 5.41 Å². The first-order valence-electron chi connectivity index (χ1n) is 11.5. The Morgan fingerprint density at radius 3 is 2.78 bits per heavy atom. The number of nitrogens with one attached hydrogen (secondary N) is 2. The van der Waals surface area contributed by atoms with Gasteiger partial charge in [0.2, 0.25) is 0 Å². The van der Waals surface area contributed by atoms with E-state index in [2.05, 4.69) is 34.4 Å². The Bertz CT molecular complexity index is 871. The summed E-state index contributed by atoms with van der Waals surface area (Å²) < 4.78 is 5.92. The van der Waals surface area contributed by atoms with Crippen molar-refractivity contribution < 1.29 is 14.6 Å². The van der Waals surface area contributed by atoms with Crippen molar-refractivity contribution >= 4 is 11.7 Å². The molecule has 4 unspecified atom stereocenters. The minimum atomic E-state index is -0.819. The zero-order chi connectivity index (χ0) is 23.7. The summed E-state index contributed by atoms with van der Waals surface area (Å²) >= 11 is 0. The number of nitrogens with two attached hydrogens (primary N) is 1. The van der Waals surface area contributed by atoms with Gasteiger partial charge in [0.05, 0.1) is 41.7 Å². The molecule has 1 saturated heterocycles. The molecule has 0 aromatic heterocycles. The number of likely N-dealkylation sites (tertiary alicyclic amines) is 1. The number of aliphatic hydroxyl groups is 1. The van der Waals surface area contributed by atoms with Gasteiger partial charge in [-0.25, -0.2) is 0 Å². The lowest BCUT2D eigenvalue weighted by atomic mass is 9.79. The lowest BCUT2D eigenvalue weighted by Crippen LogP contribution is -2.59. The highest BCUT2D eigenvalue weighted by Crippen LogP contribution is 2.40. The van der Waals surface area contributed by atoms with Gasteiger partial charge < -0.3 is 26.2 Å². The number of ether oxygens (including phenoxy) is 1. The van der Waals surface area contributed by atoms with E-state index in [4.69, 9.17) is 10.5 Å². The molecule has 0 bridgehead atoms. The number of nitrogens with zero attached hydrogens (tertiary/aromatic N) is 2. The van der Waals surface area contributed by atoms with E-state index in [-0.39, 0.29) is 17.4 Å². The van der Waals surface area contributed by atoms with Crippen LogP contribution in [0.2, 0.25) is 0 Å². The summed E-state index contributed by atoms with van der Waals surface area (Å²) in [7, 11) is 3.81. The first-order valence-corrected chi connectivity index (χ1v) is 11.5. The molecule has 5 N–H and O–H groups in total. The predicted molar refractivity (Wildman–Crippen MR) is 128 cm³/mol. The summed E-state index contributed by atoms with van der Waals surface area (Å²) in [5, 5.41) is 17.6. The van der Waals surface area contributed by atoms with Crippen LogP contribution in [-0.4, -0.2) is 79.3 Å². The van der Waals surface area contributed by atoms with Gasteiger partial charge in [0.15, 0.2) is 0 Å². The number of carbonyl (C=O) groups is 1. The van der Waals surface area contributed by atoms with Crippen molar-refractivity contribution in [3.05, 3.63) is 29.3 Å². The van der Waals surface area contributed by atoms with Crippen molar-refractivity contribution in [2.24, 2.45) is 10.7 Å². The Balaban J connectivity index is 1.85. The standard InChI is InChI=1S/C24H39N5O3/c1-7-19(25)28-18(13-26-5)24(4)21(30)17(14-29(24)6)27-22(31)15-9-8-10-16-20(15)32-12-11-23(16,2)3/h8-10,17-18,21,26,30H,7,11-14H2,1-6H3,(H2,25,28)(H,27,31). The normalized spacial score (nSPS) is 28.7. The summed E-state index contributed by atoms with van der Waals surface area (Å²) in [6.45, 7) is 9.93. The number of likely N-dealkylation sites (N-methyl/N-ethyl adjacent to an activating group) is 2. The number of aliphatic hydroxyl groups excluding tert-OH is 1. The molecule has 1 aromatic rings. The Labute approximate surface area is 191 Å². The average molecular weight is 446 g/mol. The molecule has 1 amide bonds. The molecule has 0 radical (unpaired) electrons. The van der Waals surface area contributed by atoms with Crippen molar-refractivity contribution in [1.82, 2.24) is 15.5 Å². The van der Waals surface area contributed by atoms with Crippen LogP contribution in [0.1, 0.15) is 56.5 Å². The molecule has 8 heteroatoms. The number of hydrogen-bond acceptors (Lipinski definition) is 6. The largest absolute Gasteiger partial charge is 0.492 e. The lowest BCUT2D eigenvalue weighted by Gasteiger charge is -2.40. The van der Waals surface area contributed by atoms with Gasteiger partial charge in [-0.1, -0.05) is 32.9 Å². The van der Waals surface area contributed by atoms with Crippen LogP contribution in [0, 0.1) is 0 Å². The number of hydrogen-bond donors (Lipinski definition) is 4. The van der Waals surface area contributed by atoms with E-state index in [1.54, 1.807) is 6.07 Å². The molecule has 32 heavy (non-hydrogen) atoms. The maximum absolute atomic E-state index is 13.3. The fourth-order valence-electron chi connectivity index (χ4n) is 4.86. The molecule has 3 rings (SSSR count). The van der Waals surface area contributed by atoms with Gasteiger partial charge in [0, 0.05) is 25.1 Å². The molecule has 2 aliphatic rings. The van der Waals surface area contributed by atoms with E-state index in [0.717, 1.165) is 12.0 Å². The highest BCUT2D eigenvalue weighted by molar-refractivity contribution is 5.97. The summed E-state index contributed by atoms with van der Waals surface area (Å²) in [6.07, 6.45) is 0.732. The molecule has 1 fully saturated rings. The minimum Gasteiger partial charge on any atom is -0.492 e. The third-order valence-corrected chi connectivity index (χ3v) is 7.31. The summed E-state index contributed by atoms with van der Waals surface area (Å²) in [6, 6.07) is 5.01. The number of fused-ring (bicyclic) bond motifs is 1. The maximum atomic E-state index is 13.3. The van der Waals surface area contributed by atoms with Crippen LogP contribution >= 0.6 is 0 Å². The molecule has 0 aliphatic carbocycles. The van der Waals surface area contributed by atoms with Gasteiger partial charge >= 0.3 is 0 Å². The monoisotopic (exact) mass is 445 g/mol. The van der Waals surface area contributed by atoms with E-state index >= 15 is 0 Å². The molecule has 2 aliphatic heterocycles. The summed E-state index contributed by atoms with van der Waals surface area (Å²) in [5.41, 5.74) is 6.86. The molecular weight excluding hydrogens is 406 g/mol. The van der Waals surface area contributed by atoms with Crippen molar-refractivity contribution in [1.29, 1.82) is 0 Å². The predicted octanol–water partition coefficient (Wildman–Crippen LogP) is 1.27. The number of amidine groups is 1. The second-order valence-corrected chi connectivity index (χ2v) is 9.84. The van der Waals surface area contributed by atoms with Crippen molar-refractivity contribution in [2.75, 3.05) is 33.8 Å². The van der Waals surface area contributed by atoms with Gasteiger partial charge in [0.1, 0.15) is 5.75 Å². The molecular formula is C24H39N5O3. The van der Waals surface area contributed by atoms with E-state index < -0.39 is 17.7 Å². The minimum absolute atomic E-state index is 0.0485. The smallest absolute Gasteiger partial charge is 0.255 e. The maximum Gasteiger partial charge on any atom is 0.255 e. The Kier molecular flexibility index (Phi) is 7.17. The van der Waals surface area contributed by atoms with Gasteiger partial charge in [0.25, 0.3) is 5.91 Å². The Hall–Kier alpha value is -2.16. The molecule has 0 saturated carbocycles. The fraction of sp³-hybridized carbons (Fsp3) is 0.667. The van der Waals surface area contributed by atoms with Crippen LogP contribution < -0.4 is 21.1 Å². The number of para-hydroxylation sites is 1. The van der Waals surface area contributed by atoms with E-state index in [1.165, 1.54) is 0 Å². The van der Waals surface area contributed by atoms with Crippen LogP contribution in [0.4, 0.5) is 0 Å². The molecule has 4 atom stereocenters. The quantitative estimate of drug-likeness (QED) is 0.371. The van der Waals surface area contributed by atoms with Gasteiger partial charge in [-0.15, -0.1) is 0 Å².